The molecule has 0 radical (unpaired) electrons. The number of nitrogens with zero attached hydrogens (tertiary/aromatic N) is 2. The number of fused-ring (bicyclic) bond motifs is 3. The third-order valence-corrected chi connectivity index (χ3v) is 2.66. The second-order valence-corrected chi connectivity index (χ2v) is 3.59. The van der Waals surface area contributed by atoms with E-state index in [-0.39, 0.29) is 0 Å². The molecule has 0 unspecified atom stereocenters. The molecule has 2 aromatic rings. The van der Waals surface area contributed by atoms with Crippen LogP contribution in [0.1, 0.15) is 16.2 Å². The van der Waals surface area contributed by atoms with E-state index in [9.17, 15) is 4.79 Å². The van der Waals surface area contributed by atoms with Gasteiger partial charge < -0.3 is 15.5 Å². The molecule has 5 nitrogen and oxygen atoms in total. The first-order valence-electron chi connectivity index (χ1n) is 4.80. The molecule has 1 amide bonds. The van der Waals surface area contributed by atoms with Gasteiger partial charge in [0, 0.05) is 24.9 Å². The predicted molar refractivity (Wildman–Crippen MR) is 55.9 cm³/mol. The normalized spacial score (nSPS) is 13.9. The molecular weight excluding hydrogens is 192 g/mol. The average molecular weight is 202 g/mol. The van der Waals surface area contributed by atoms with Gasteiger partial charge in [-0.25, -0.2) is 4.98 Å². The van der Waals surface area contributed by atoms with Gasteiger partial charge in [0.1, 0.15) is 11.3 Å². The fraction of sp³-hybridized carbons (Fsp3) is 0.200. The summed E-state index contributed by atoms with van der Waals surface area (Å²) in [6, 6.07) is 3.86. The van der Waals surface area contributed by atoms with E-state index in [0.29, 0.717) is 5.69 Å². The summed E-state index contributed by atoms with van der Waals surface area (Å²) in [7, 11) is 0. The van der Waals surface area contributed by atoms with Crippen LogP contribution in [0.4, 0.5) is 5.69 Å². The van der Waals surface area contributed by atoms with Crippen molar-refractivity contribution in [2.24, 2.45) is 5.73 Å². The number of rotatable bonds is 1. The highest BCUT2D eigenvalue weighted by Crippen LogP contribution is 2.23. The molecule has 3 heterocycles. The Bertz CT molecular complexity index is 558. The number of hydrogen-bond acceptors (Lipinski definition) is 3. The summed E-state index contributed by atoms with van der Waals surface area (Å²) in [5, 5.41) is 3.27. The molecule has 0 fully saturated rings. The molecule has 0 spiro atoms. The Hall–Kier alpha value is -2.04. The Kier molecular flexibility index (Phi) is 1.50. The van der Waals surface area contributed by atoms with Crippen molar-refractivity contribution in [1.82, 2.24) is 9.38 Å². The molecule has 0 saturated heterocycles. The third kappa shape index (κ3) is 1.09. The number of carbonyl (C=O) groups excluding carboxylic acids is 1. The lowest BCUT2D eigenvalue weighted by atomic mass is 10.3. The minimum absolute atomic E-state index is 0.315. The maximum Gasteiger partial charge on any atom is 0.268 e. The SMILES string of the molecule is NC(=O)c1cn2c3c(ccc2n1)NCC3. The summed E-state index contributed by atoms with van der Waals surface area (Å²) >= 11 is 0. The van der Waals surface area contributed by atoms with Crippen LogP contribution in [0.2, 0.25) is 0 Å². The highest BCUT2D eigenvalue weighted by atomic mass is 16.1. The molecule has 1 aliphatic rings. The molecule has 1 aliphatic heterocycles. The van der Waals surface area contributed by atoms with Crippen LogP contribution in [0, 0.1) is 0 Å². The number of nitrogens with one attached hydrogen (secondary N) is 1. The first kappa shape index (κ1) is 8.28. The minimum atomic E-state index is -0.488. The monoisotopic (exact) mass is 202 g/mol. The zero-order valence-electron chi connectivity index (χ0n) is 8.03. The number of aromatic nitrogens is 2. The van der Waals surface area contributed by atoms with E-state index in [4.69, 9.17) is 5.73 Å². The van der Waals surface area contributed by atoms with Crippen LogP contribution in [0.15, 0.2) is 18.3 Å². The maximum absolute atomic E-state index is 11.0. The number of pyridine rings is 1. The number of amides is 1. The van der Waals surface area contributed by atoms with Crippen LogP contribution >= 0.6 is 0 Å². The van der Waals surface area contributed by atoms with E-state index in [0.717, 1.165) is 30.0 Å². The number of anilines is 1. The topological polar surface area (TPSA) is 72.4 Å². The van der Waals surface area contributed by atoms with Crippen molar-refractivity contribution in [3.05, 3.63) is 29.7 Å². The van der Waals surface area contributed by atoms with Gasteiger partial charge in [0.05, 0.1) is 5.69 Å². The largest absolute Gasteiger partial charge is 0.383 e. The van der Waals surface area contributed by atoms with Crippen molar-refractivity contribution in [2.75, 3.05) is 11.9 Å². The number of imidazole rings is 1. The highest BCUT2D eigenvalue weighted by molar-refractivity contribution is 5.91. The van der Waals surface area contributed by atoms with Gasteiger partial charge in [-0.1, -0.05) is 0 Å². The molecule has 0 atom stereocenters. The van der Waals surface area contributed by atoms with Crippen LogP contribution in [-0.2, 0) is 6.42 Å². The first-order valence-corrected chi connectivity index (χ1v) is 4.80. The Balaban J connectivity index is 2.31. The Morgan fingerprint density at radius 3 is 3.20 bits per heavy atom. The van der Waals surface area contributed by atoms with E-state index in [1.807, 2.05) is 16.5 Å². The van der Waals surface area contributed by atoms with Crippen LogP contribution in [-0.4, -0.2) is 21.8 Å². The second-order valence-electron chi connectivity index (χ2n) is 3.59. The van der Waals surface area contributed by atoms with Crippen molar-refractivity contribution in [3.8, 4) is 0 Å². The fourth-order valence-corrected chi connectivity index (χ4v) is 1.96. The molecule has 3 rings (SSSR count). The summed E-state index contributed by atoms with van der Waals surface area (Å²) in [6.07, 6.45) is 2.64. The molecule has 0 aliphatic carbocycles. The van der Waals surface area contributed by atoms with Gasteiger partial charge in [0.2, 0.25) is 0 Å². The summed E-state index contributed by atoms with van der Waals surface area (Å²) in [5.74, 6) is -0.488. The standard InChI is InChI=1S/C10H10N4O/c11-10(15)7-5-14-8-3-4-12-6(8)1-2-9(14)13-7/h1-2,5,12H,3-4H2,(H2,11,15). The van der Waals surface area contributed by atoms with Crippen LogP contribution < -0.4 is 11.1 Å². The Morgan fingerprint density at radius 1 is 1.53 bits per heavy atom. The third-order valence-electron chi connectivity index (χ3n) is 2.66. The van der Waals surface area contributed by atoms with Crippen molar-refractivity contribution >= 4 is 17.2 Å². The van der Waals surface area contributed by atoms with Gasteiger partial charge in [-0.3, -0.25) is 4.79 Å². The molecule has 76 valence electrons. The van der Waals surface area contributed by atoms with Crippen LogP contribution in [0.5, 0.6) is 0 Å². The van der Waals surface area contributed by atoms with Crippen LogP contribution in [0.3, 0.4) is 0 Å². The zero-order valence-corrected chi connectivity index (χ0v) is 8.03. The summed E-state index contributed by atoms with van der Waals surface area (Å²) in [5.41, 5.74) is 8.54. The van der Waals surface area contributed by atoms with Gasteiger partial charge >= 0.3 is 0 Å². The summed E-state index contributed by atoms with van der Waals surface area (Å²) in [4.78, 5) is 15.2. The van der Waals surface area contributed by atoms with E-state index < -0.39 is 5.91 Å². The van der Waals surface area contributed by atoms with E-state index >= 15 is 0 Å². The first-order chi connectivity index (χ1) is 7.25. The van der Waals surface area contributed by atoms with Crippen molar-refractivity contribution in [3.63, 3.8) is 0 Å². The van der Waals surface area contributed by atoms with E-state index in [1.165, 1.54) is 0 Å². The van der Waals surface area contributed by atoms with Crippen molar-refractivity contribution in [2.45, 2.75) is 6.42 Å². The van der Waals surface area contributed by atoms with E-state index in [1.54, 1.807) is 6.20 Å². The lowest BCUT2D eigenvalue weighted by Gasteiger charge is -2.01. The molecule has 15 heavy (non-hydrogen) atoms. The van der Waals surface area contributed by atoms with Gasteiger partial charge in [-0.2, -0.15) is 0 Å². The predicted octanol–water partition coefficient (Wildman–Crippen LogP) is 0.401. The molecule has 3 N–H and O–H groups in total. The number of primary amides is 1. The number of carbonyl (C=O) groups is 1. The molecule has 0 aromatic carbocycles. The van der Waals surface area contributed by atoms with Crippen molar-refractivity contribution < 1.29 is 4.79 Å². The average Bonchev–Trinajstić information content (AvgIpc) is 2.82. The zero-order chi connectivity index (χ0) is 10.4. The molecule has 2 aromatic heterocycles. The highest BCUT2D eigenvalue weighted by Gasteiger charge is 2.15. The maximum atomic E-state index is 11.0. The van der Waals surface area contributed by atoms with Gasteiger partial charge in [0.25, 0.3) is 5.91 Å². The van der Waals surface area contributed by atoms with Gasteiger partial charge in [-0.05, 0) is 12.1 Å². The number of nitrogens with two attached hydrogens (primary N) is 1. The lowest BCUT2D eigenvalue weighted by molar-refractivity contribution is 0.0996. The molecule has 0 saturated carbocycles. The fourth-order valence-electron chi connectivity index (χ4n) is 1.96. The van der Waals surface area contributed by atoms with Crippen LogP contribution in [0.25, 0.3) is 5.65 Å². The molecule has 5 heteroatoms. The lowest BCUT2D eigenvalue weighted by Crippen LogP contribution is -2.10. The summed E-state index contributed by atoms with van der Waals surface area (Å²) in [6.45, 7) is 0.929. The Labute approximate surface area is 85.9 Å². The summed E-state index contributed by atoms with van der Waals surface area (Å²) < 4.78 is 1.93. The second kappa shape index (κ2) is 2.73. The van der Waals surface area contributed by atoms with Gasteiger partial charge in [0.15, 0.2) is 0 Å². The van der Waals surface area contributed by atoms with Crippen molar-refractivity contribution in [1.29, 1.82) is 0 Å². The molecular formula is C10H10N4O. The van der Waals surface area contributed by atoms with Gasteiger partial charge in [-0.15, -0.1) is 0 Å². The quantitative estimate of drug-likeness (QED) is 0.703. The Morgan fingerprint density at radius 2 is 2.40 bits per heavy atom. The number of hydrogen-bond donors (Lipinski definition) is 2. The van der Waals surface area contributed by atoms with E-state index in [2.05, 4.69) is 10.3 Å². The molecule has 0 bridgehead atoms. The minimum Gasteiger partial charge on any atom is -0.383 e. The smallest absolute Gasteiger partial charge is 0.268 e.